The van der Waals surface area contributed by atoms with Gasteiger partial charge in [-0.1, -0.05) is 18.2 Å². The van der Waals surface area contributed by atoms with E-state index < -0.39 is 0 Å². The number of ether oxygens (including phenoxy) is 1. The van der Waals surface area contributed by atoms with Crippen molar-refractivity contribution in [2.45, 2.75) is 18.4 Å². The van der Waals surface area contributed by atoms with Crippen molar-refractivity contribution < 1.29 is 14.3 Å². The first-order valence-corrected chi connectivity index (χ1v) is 10.2. The van der Waals surface area contributed by atoms with Gasteiger partial charge < -0.3 is 19.9 Å². The van der Waals surface area contributed by atoms with Crippen LogP contribution in [-0.4, -0.2) is 63.5 Å². The number of benzene rings is 1. The first kappa shape index (κ1) is 18.7. The number of hydrogen-bond acceptors (Lipinski definition) is 5. The van der Waals surface area contributed by atoms with E-state index in [4.69, 9.17) is 4.74 Å². The van der Waals surface area contributed by atoms with Crippen molar-refractivity contribution in [1.82, 2.24) is 25.2 Å². The van der Waals surface area contributed by atoms with Gasteiger partial charge in [0, 0.05) is 36.0 Å². The number of rotatable bonds is 4. The maximum Gasteiger partial charge on any atom is 0.271 e. The molecule has 5 rings (SSSR count). The number of likely N-dealkylation sites (tertiary alicyclic amines) is 1. The minimum absolute atomic E-state index is 0.0417. The van der Waals surface area contributed by atoms with Crippen molar-refractivity contribution in [2.75, 3.05) is 26.2 Å². The van der Waals surface area contributed by atoms with Crippen LogP contribution in [0.25, 0.3) is 10.9 Å². The molecule has 2 amide bonds. The van der Waals surface area contributed by atoms with Crippen LogP contribution in [0.15, 0.2) is 49.1 Å². The van der Waals surface area contributed by atoms with E-state index in [0.29, 0.717) is 37.5 Å². The minimum atomic E-state index is -0.243. The SMILES string of the molecule is O=C(NC[C@@H]1CCC2(CN(C(=O)c3c[nH]c4ccccc34)C2)OC1)c1cnccn1. The molecular formula is C22H23N5O3. The second kappa shape index (κ2) is 7.53. The highest BCUT2D eigenvalue weighted by Crippen LogP contribution is 2.37. The zero-order valence-corrected chi connectivity index (χ0v) is 16.5. The maximum absolute atomic E-state index is 12.9. The molecule has 2 N–H and O–H groups in total. The number of H-pyrrole nitrogens is 1. The van der Waals surface area contributed by atoms with Crippen molar-refractivity contribution in [3.8, 4) is 0 Å². The summed E-state index contributed by atoms with van der Waals surface area (Å²) in [5, 5.41) is 3.86. The van der Waals surface area contributed by atoms with E-state index >= 15 is 0 Å². The molecular weight excluding hydrogens is 382 g/mol. The van der Waals surface area contributed by atoms with Crippen LogP contribution >= 0.6 is 0 Å². The first-order valence-electron chi connectivity index (χ1n) is 10.2. The molecule has 0 bridgehead atoms. The van der Waals surface area contributed by atoms with Gasteiger partial charge in [0.05, 0.1) is 31.5 Å². The summed E-state index contributed by atoms with van der Waals surface area (Å²) in [5.41, 5.74) is 1.75. The number of aromatic nitrogens is 3. The Morgan fingerprint density at radius 1 is 1.27 bits per heavy atom. The average molecular weight is 405 g/mol. The van der Waals surface area contributed by atoms with Crippen molar-refractivity contribution in [1.29, 1.82) is 0 Å². The zero-order chi connectivity index (χ0) is 20.6. The molecule has 2 aromatic heterocycles. The molecule has 8 heteroatoms. The molecule has 1 aromatic carbocycles. The van der Waals surface area contributed by atoms with E-state index in [1.165, 1.54) is 18.6 Å². The summed E-state index contributed by atoms with van der Waals surface area (Å²) in [6.07, 6.45) is 8.12. The molecule has 1 atom stereocenters. The maximum atomic E-state index is 12.9. The average Bonchev–Trinajstić information content (AvgIpc) is 3.20. The number of aromatic amines is 1. The minimum Gasteiger partial charge on any atom is -0.371 e. The first-order chi connectivity index (χ1) is 14.6. The van der Waals surface area contributed by atoms with Crippen molar-refractivity contribution in [3.05, 3.63) is 60.3 Å². The summed E-state index contributed by atoms with van der Waals surface area (Å²) in [5.74, 6) is 0.0807. The number of nitrogens with zero attached hydrogens (tertiary/aromatic N) is 3. The second-order valence-corrected chi connectivity index (χ2v) is 8.11. The number of carbonyl (C=O) groups excluding carboxylic acids is 2. The number of carbonyl (C=O) groups is 2. The fraction of sp³-hybridized carbons (Fsp3) is 0.364. The van der Waals surface area contributed by atoms with E-state index in [1.54, 1.807) is 6.20 Å². The topological polar surface area (TPSA) is 100 Å². The highest BCUT2D eigenvalue weighted by Gasteiger charge is 2.48. The Bertz CT molecular complexity index is 1060. The second-order valence-electron chi connectivity index (χ2n) is 8.11. The van der Waals surface area contributed by atoms with E-state index in [1.807, 2.05) is 29.2 Å². The third-order valence-corrected chi connectivity index (χ3v) is 6.05. The number of nitrogens with one attached hydrogen (secondary N) is 2. The third-order valence-electron chi connectivity index (χ3n) is 6.05. The van der Waals surface area contributed by atoms with Gasteiger partial charge >= 0.3 is 0 Å². The Hall–Kier alpha value is -3.26. The smallest absolute Gasteiger partial charge is 0.271 e. The number of amides is 2. The van der Waals surface area contributed by atoms with Crippen LogP contribution in [-0.2, 0) is 4.74 Å². The van der Waals surface area contributed by atoms with Gasteiger partial charge in [0.2, 0.25) is 0 Å². The van der Waals surface area contributed by atoms with Crippen LogP contribution < -0.4 is 5.32 Å². The lowest BCUT2D eigenvalue weighted by molar-refractivity contribution is -0.166. The Labute approximate surface area is 173 Å². The molecule has 2 saturated heterocycles. The lowest BCUT2D eigenvalue weighted by Crippen LogP contribution is -2.66. The molecule has 0 aliphatic carbocycles. The van der Waals surface area contributed by atoms with Gasteiger partial charge in [0.15, 0.2) is 0 Å². The van der Waals surface area contributed by atoms with Crippen molar-refractivity contribution in [2.24, 2.45) is 5.92 Å². The molecule has 8 nitrogen and oxygen atoms in total. The molecule has 0 unspecified atom stereocenters. The van der Waals surface area contributed by atoms with Gasteiger partial charge in [0.1, 0.15) is 11.3 Å². The number of hydrogen-bond donors (Lipinski definition) is 2. The van der Waals surface area contributed by atoms with Crippen LogP contribution in [0.4, 0.5) is 0 Å². The fourth-order valence-corrected chi connectivity index (χ4v) is 4.28. The van der Waals surface area contributed by atoms with E-state index in [9.17, 15) is 9.59 Å². The van der Waals surface area contributed by atoms with Crippen LogP contribution in [0.5, 0.6) is 0 Å². The standard InChI is InChI=1S/C22H23N5O3/c28-20(19-11-23-7-8-24-19)26-9-15-5-6-22(30-12-15)13-27(14-22)21(29)17-10-25-18-4-2-1-3-16(17)18/h1-4,7-8,10-11,15,25H,5-6,9,12-14H2,(H,26,28)/t15-/m0/s1. The molecule has 0 radical (unpaired) electrons. The van der Waals surface area contributed by atoms with E-state index in [-0.39, 0.29) is 23.3 Å². The Kier molecular flexibility index (Phi) is 4.71. The fourth-order valence-electron chi connectivity index (χ4n) is 4.28. The van der Waals surface area contributed by atoms with Crippen LogP contribution in [0.1, 0.15) is 33.7 Å². The highest BCUT2D eigenvalue weighted by atomic mass is 16.5. The lowest BCUT2D eigenvalue weighted by atomic mass is 9.82. The van der Waals surface area contributed by atoms with Gasteiger partial charge in [-0.05, 0) is 24.8 Å². The van der Waals surface area contributed by atoms with Crippen LogP contribution in [0.3, 0.4) is 0 Å². The summed E-state index contributed by atoms with van der Waals surface area (Å²) in [6, 6.07) is 7.83. The van der Waals surface area contributed by atoms with Crippen LogP contribution in [0, 0.1) is 5.92 Å². The quantitative estimate of drug-likeness (QED) is 0.692. The van der Waals surface area contributed by atoms with Gasteiger partial charge in [0.25, 0.3) is 11.8 Å². The molecule has 154 valence electrons. The normalized spacial score (nSPS) is 20.1. The predicted molar refractivity (Wildman–Crippen MR) is 110 cm³/mol. The number of fused-ring (bicyclic) bond motifs is 1. The van der Waals surface area contributed by atoms with E-state index in [0.717, 1.165) is 23.7 Å². The molecule has 0 saturated carbocycles. The summed E-state index contributed by atoms with van der Waals surface area (Å²) in [6.45, 7) is 2.35. The van der Waals surface area contributed by atoms with Crippen LogP contribution in [0.2, 0.25) is 0 Å². The van der Waals surface area contributed by atoms with Gasteiger partial charge in [-0.2, -0.15) is 0 Å². The zero-order valence-electron chi connectivity index (χ0n) is 16.5. The Morgan fingerprint density at radius 2 is 2.13 bits per heavy atom. The molecule has 3 aromatic rings. The molecule has 30 heavy (non-hydrogen) atoms. The predicted octanol–water partition coefficient (Wildman–Crippen LogP) is 2.01. The van der Waals surface area contributed by atoms with Gasteiger partial charge in [-0.15, -0.1) is 0 Å². The van der Waals surface area contributed by atoms with Crippen molar-refractivity contribution in [3.63, 3.8) is 0 Å². The Morgan fingerprint density at radius 3 is 2.90 bits per heavy atom. The molecule has 4 heterocycles. The molecule has 2 fully saturated rings. The molecule has 2 aliphatic rings. The van der Waals surface area contributed by atoms with Gasteiger partial charge in [-0.25, -0.2) is 4.98 Å². The Balaban J connectivity index is 1.12. The monoisotopic (exact) mass is 405 g/mol. The summed E-state index contributed by atoms with van der Waals surface area (Å²) < 4.78 is 6.16. The number of para-hydroxylation sites is 1. The van der Waals surface area contributed by atoms with Gasteiger partial charge in [-0.3, -0.25) is 14.6 Å². The summed E-state index contributed by atoms with van der Waals surface area (Å²) in [7, 11) is 0. The summed E-state index contributed by atoms with van der Waals surface area (Å²) >= 11 is 0. The highest BCUT2D eigenvalue weighted by molar-refractivity contribution is 6.07. The third kappa shape index (κ3) is 3.43. The van der Waals surface area contributed by atoms with Crippen molar-refractivity contribution >= 4 is 22.7 Å². The summed E-state index contributed by atoms with van der Waals surface area (Å²) in [4.78, 5) is 37.9. The molecule has 1 spiro atoms. The van der Waals surface area contributed by atoms with E-state index in [2.05, 4.69) is 20.3 Å². The largest absolute Gasteiger partial charge is 0.371 e. The molecule has 2 aliphatic heterocycles. The lowest BCUT2D eigenvalue weighted by Gasteiger charge is -2.52.